The molecule has 1 saturated heterocycles. The maximum atomic E-state index is 13.3. The van der Waals surface area contributed by atoms with Crippen molar-refractivity contribution in [2.24, 2.45) is 0 Å². The van der Waals surface area contributed by atoms with Gasteiger partial charge in [0.1, 0.15) is 11.9 Å². The van der Waals surface area contributed by atoms with Gasteiger partial charge in [0.2, 0.25) is 11.8 Å². The molecule has 0 unspecified atom stereocenters. The van der Waals surface area contributed by atoms with E-state index >= 15 is 0 Å². The Morgan fingerprint density at radius 3 is 2.39 bits per heavy atom. The number of nitrogens with one attached hydrogen (secondary N) is 2. The van der Waals surface area contributed by atoms with E-state index in [1.165, 1.54) is 36.1 Å². The smallest absolute Gasteiger partial charge is 0.256 e. The molecule has 1 fully saturated rings. The van der Waals surface area contributed by atoms with Crippen molar-refractivity contribution in [3.05, 3.63) is 58.8 Å². The molecule has 0 radical (unpaired) electrons. The molecule has 2 N–H and O–H groups in total. The maximum absolute atomic E-state index is 13.3. The number of hydrogen-bond donors (Lipinski definition) is 2. The van der Waals surface area contributed by atoms with Gasteiger partial charge >= 0.3 is 0 Å². The zero-order valence-corrected chi connectivity index (χ0v) is 19.0. The molecule has 0 spiro atoms. The van der Waals surface area contributed by atoms with Crippen LogP contribution in [0.5, 0.6) is 0 Å². The lowest BCUT2D eigenvalue weighted by Crippen LogP contribution is -2.42. The van der Waals surface area contributed by atoms with Crippen LogP contribution < -0.4 is 15.5 Å². The van der Waals surface area contributed by atoms with E-state index in [0.717, 1.165) is 4.47 Å². The average Bonchev–Trinajstić information content (AvgIpc) is 2.94. The van der Waals surface area contributed by atoms with Gasteiger partial charge < -0.3 is 15.5 Å². The predicted octanol–water partition coefficient (Wildman–Crippen LogP) is 3.06. The van der Waals surface area contributed by atoms with Gasteiger partial charge in [-0.25, -0.2) is 4.39 Å². The normalized spacial score (nSPS) is 15.9. The number of hydrogen-bond acceptors (Lipinski definition) is 4. The van der Waals surface area contributed by atoms with Crippen molar-refractivity contribution >= 4 is 62.4 Å². The molecule has 1 atom stereocenters. The quantitative estimate of drug-likeness (QED) is 0.564. The Bertz CT molecular complexity index is 1000. The van der Waals surface area contributed by atoms with Crippen LogP contribution in [0.25, 0.3) is 0 Å². The van der Waals surface area contributed by atoms with Gasteiger partial charge in [-0.2, -0.15) is 0 Å². The summed E-state index contributed by atoms with van der Waals surface area (Å²) in [6, 6.07) is 11.6. The minimum absolute atomic E-state index is 0.132. The van der Waals surface area contributed by atoms with Crippen LogP contribution in [0.3, 0.4) is 0 Å². The Morgan fingerprint density at radius 1 is 1.13 bits per heavy atom. The topological polar surface area (TPSA) is 81.8 Å². The number of rotatable bonds is 7. The van der Waals surface area contributed by atoms with Crippen molar-refractivity contribution in [3.63, 3.8) is 0 Å². The van der Waals surface area contributed by atoms with E-state index in [1.54, 1.807) is 29.2 Å². The summed E-state index contributed by atoms with van der Waals surface area (Å²) in [7, 11) is 0. The second kappa shape index (κ2) is 9.97. The molecule has 1 aliphatic heterocycles. The fraction of sp³-hybridized carbons (Fsp3) is 0.238. The summed E-state index contributed by atoms with van der Waals surface area (Å²) in [6.07, 6.45) is -0.132. The molecule has 2 aromatic rings. The summed E-state index contributed by atoms with van der Waals surface area (Å²) >= 11 is 8.83. The molecule has 31 heavy (non-hydrogen) atoms. The van der Waals surface area contributed by atoms with E-state index in [2.05, 4.69) is 26.6 Å². The number of anilines is 2. The van der Waals surface area contributed by atoms with Crippen LogP contribution in [0.15, 0.2) is 53.0 Å². The maximum Gasteiger partial charge on any atom is 0.256 e. The van der Waals surface area contributed by atoms with E-state index in [4.69, 9.17) is 12.2 Å². The molecular weight excluding hydrogens is 487 g/mol. The lowest BCUT2D eigenvalue weighted by Gasteiger charge is -2.24. The Balaban J connectivity index is 1.79. The minimum atomic E-state index is -0.846. The van der Waals surface area contributed by atoms with Crippen molar-refractivity contribution in [3.8, 4) is 0 Å². The first kappa shape index (κ1) is 22.8. The Hall–Kier alpha value is -2.85. The third-order valence-electron chi connectivity index (χ3n) is 4.64. The lowest BCUT2D eigenvalue weighted by molar-refractivity contribution is -0.124. The summed E-state index contributed by atoms with van der Waals surface area (Å²) in [5.74, 6) is -1.38. The Morgan fingerprint density at radius 2 is 1.77 bits per heavy atom. The molecule has 3 amide bonds. The third-order valence-corrected chi connectivity index (χ3v) is 5.58. The molecule has 2 aromatic carbocycles. The first-order valence-corrected chi connectivity index (χ1v) is 10.7. The van der Waals surface area contributed by atoms with Crippen LogP contribution in [0, 0.1) is 5.82 Å². The van der Waals surface area contributed by atoms with E-state index < -0.39 is 11.9 Å². The number of thiocarbonyl (C=S) groups is 1. The van der Waals surface area contributed by atoms with Crippen LogP contribution in [-0.2, 0) is 14.4 Å². The summed E-state index contributed by atoms with van der Waals surface area (Å²) < 4.78 is 14.2. The van der Waals surface area contributed by atoms with Gasteiger partial charge in [-0.05, 0) is 60.7 Å². The van der Waals surface area contributed by atoms with Crippen LogP contribution >= 0.6 is 28.1 Å². The highest BCUT2D eigenvalue weighted by atomic mass is 79.9. The summed E-state index contributed by atoms with van der Waals surface area (Å²) in [5, 5.41) is 5.63. The van der Waals surface area contributed by atoms with Gasteiger partial charge in [-0.1, -0.05) is 15.9 Å². The molecule has 162 valence electrons. The van der Waals surface area contributed by atoms with E-state index in [1.807, 2.05) is 0 Å². The van der Waals surface area contributed by atoms with E-state index in [0.29, 0.717) is 11.4 Å². The summed E-state index contributed by atoms with van der Waals surface area (Å²) in [4.78, 5) is 39.9. The number of carbonyl (C=O) groups excluding carboxylic acids is 3. The summed E-state index contributed by atoms with van der Waals surface area (Å²) in [6.45, 7) is 1.89. The van der Waals surface area contributed by atoms with Gasteiger partial charge in [0, 0.05) is 30.2 Å². The van der Waals surface area contributed by atoms with Crippen molar-refractivity contribution in [1.82, 2.24) is 10.2 Å². The van der Waals surface area contributed by atoms with Crippen LogP contribution in [0.1, 0.15) is 13.3 Å². The minimum Gasteiger partial charge on any atom is -0.355 e. The Labute approximate surface area is 192 Å². The highest BCUT2D eigenvalue weighted by Gasteiger charge is 2.43. The van der Waals surface area contributed by atoms with Crippen LogP contribution in [-0.4, -0.2) is 46.9 Å². The van der Waals surface area contributed by atoms with Crippen LogP contribution in [0.2, 0.25) is 0 Å². The van der Waals surface area contributed by atoms with E-state index in [9.17, 15) is 18.8 Å². The highest BCUT2D eigenvalue weighted by Crippen LogP contribution is 2.27. The molecule has 1 heterocycles. The number of carbonyl (C=O) groups is 3. The van der Waals surface area contributed by atoms with Gasteiger partial charge in [0.05, 0.1) is 12.1 Å². The van der Waals surface area contributed by atoms with Gasteiger partial charge in [-0.15, -0.1) is 0 Å². The first-order valence-electron chi connectivity index (χ1n) is 9.46. The molecule has 3 rings (SSSR count). The van der Waals surface area contributed by atoms with Gasteiger partial charge in [0.25, 0.3) is 5.91 Å². The molecule has 0 aromatic heterocycles. The van der Waals surface area contributed by atoms with Crippen molar-refractivity contribution < 1.29 is 18.8 Å². The molecule has 0 bridgehead atoms. The highest BCUT2D eigenvalue weighted by molar-refractivity contribution is 9.10. The van der Waals surface area contributed by atoms with E-state index in [-0.39, 0.29) is 42.3 Å². The fourth-order valence-corrected chi connectivity index (χ4v) is 3.87. The summed E-state index contributed by atoms with van der Waals surface area (Å²) in [5.41, 5.74) is 1.01. The lowest BCUT2D eigenvalue weighted by atomic mass is 10.1. The van der Waals surface area contributed by atoms with Crippen molar-refractivity contribution in [1.29, 1.82) is 0 Å². The SMILES string of the molecule is CC(=O)NCCN1C(=S)N(c2ccc(F)cc2)C(=O)[C@H]1CC(=O)Nc1ccc(Br)cc1. The second-order valence-electron chi connectivity index (χ2n) is 6.88. The number of benzene rings is 2. The average molecular weight is 507 g/mol. The van der Waals surface area contributed by atoms with Crippen LogP contribution in [0.4, 0.5) is 15.8 Å². The van der Waals surface area contributed by atoms with Crippen molar-refractivity contribution in [2.75, 3.05) is 23.3 Å². The molecule has 0 saturated carbocycles. The number of halogens is 2. The second-order valence-corrected chi connectivity index (χ2v) is 8.16. The number of nitrogens with zero attached hydrogens (tertiary/aromatic N) is 2. The standard InChI is InChI=1S/C21H20BrFN4O3S/c1-13(28)24-10-11-26-18(12-19(29)25-16-6-2-14(22)3-7-16)20(30)27(21(26)31)17-8-4-15(23)5-9-17/h2-9,18H,10-12H2,1H3,(H,24,28)(H,25,29)/t18-/m1/s1. The number of amides is 3. The molecule has 0 aliphatic carbocycles. The largest absolute Gasteiger partial charge is 0.355 e. The zero-order chi connectivity index (χ0) is 22.5. The third kappa shape index (κ3) is 5.65. The molecule has 10 heteroatoms. The first-order chi connectivity index (χ1) is 14.8. The zero-order valence-electron chi connectivity index (χ0n) is 16.6. The molecular formula is C21H20BrFN4O3S. The van der Waals surface area contributed by atoms with Gasteiger partial charge in [0.15, 0.2) is 5.11 Å². The molecule has 7 nitrogen and oxygen atoms in total. The molecule has 1 aliphatic rings. The predicted molar refractivity (Wildman–Crippen MR) is 123 cm³/mol. The fourth-order valence-electron chi connectivity index (χ4n) is 3.19. The van der Waals surface area contributed by atoms with Gasteiger partial charge in [-0.3, -0.25) is 19.3 Å². The Kier molecular flexibility index (Phi) is 7.34. The monoisotopic (exact) mass is 506 g/mol. The van der Waals surface area contributed by atoms with Crippen molar-refractivity contribution in [2.45, 2.75) is 19.4 Å².